The lowest BCUT2D eigenvalue weighted by Gasteiger charge is -2.11. The summed E-state index contributed by atoms with van der Waals surface area (Å²) < 4.78 is 14.2. The van der Waals surface area contributed by atoms with Crippen LogP contribution in [0.3, 0.4) is 0 Å². The van der Waals surface area contributed by atoms with Crippen molar-refractivity contribution in [2.24, 2.45) is 0 Å². The highest BCUT2D eigenvalue weighted by atomic mass is 19.1. The summed E-state index contributed by atoms with van der Waals surface area (Å²) in [5, 5.41) is 6.66. The van der Waals surface area contributed by atoms with E-state index in [0.29, 0.717) is 6.54 Å². The molecule has 0 saturated heterocycles. The molecule has 0 aliphatic heterocycles. The predicted octanol–water partition coefficient (Wildman–Crippen LogP) is 1.29. The van der Waals surface area contributed by atoms with Crippen LogP contribution in [0.25, 0.3) is 0 Å². The number of nitrogens with one attached hydrogen (secondary N) is 1. The van der Waals surface area contributed by atoms with Crippen molar-refractivity contribution in [1.29, 1.82) is 0 Å². The van der Waals surface area contributed by atoms with E-state index in [1.54, 1.807) is 19.1 Å². The van der Waals surface area contributed by atoms with Crippen LogP contribution >= 0.6 is 0 Å². The lowest BCUT2D eigenvalue weighted by Crippen LogP contribution is -2.30. The zero-order valence-electron chi connectivity index (χ0n) is 9.88. The molecule has 0 spiro atoms. The quantitative estimate of drug-likeness (QED) is 0.887. The predicted molar refractivity (Wildman–Crippen MR) is 63.0 cm³/mol. The van der Waals surface area contributed by atoms with Gasteiger partial charge < -0.3 is 5.32 Å². The second-order valence-corrected chi connectivity index (χ2v) is 3.90. The first-order valence-corrected chi connectivity index (χ1v) is 5.53. The Bertz CT molecular complexity index is 509. The average molecular weight is 248 g/mol. The third-order valence-corrected chi connectivity index (χ3v) is 2.59. The highest BCUT2D eigenvalue weighted by Crippen LogP contribution is 2.05. The third kappa shape index (κ3) is 2.91. The van der Waals surface area contributed by atoms with Crippen molar-refractivity contribution in [1.82, 2.24) is 20.1 Å². The van der Waals surface area contributed by atoms with Gasteiger partial charge in [0.2, 0.25) is 5.91 Å². The molecule has 0 aliphatic carbocycles. The Morgan fingerprint density at radius 3 is 2.78 bits per heavy atom. The van der Waals surface area contributed by atoms with Crippen LogP contribution in [0.15, 0.2) is 36.9 Å². The van der Waals surface area contributed by atoms with Gasteiger partial charge in [0.15, 0.2) is 0 Å². The number of nitrogens with zero attached hydrogens (tertiary/aromatic N) is 3. The van der Waals surface area contributed by atoms with Crippen molar-refractivity contribution in [3.05, 3.63) is 48.3 Å². The summed E-state index contributed by atoms with van der Waals surface area (Å²) >= 11 is 0. The maximum absolute atomic E-state index is 12.7. The molecule has 0 unspecified atom stereocenters. The molecule has 1 aromatic heterocycles. The number of amides is 1. The van der Waals surface area contributed by atoms with E-state index in [1.165, 1.54) is 29.5 Å². The topological polar surface area (TPSA) is 59.8 Å². The summed E-state index contributed by atoms with van der Waals surface area (Å²) in [5.41, 5.74) is 0.843. The maximum Gasteiger partial charge on any atom is 0.244 e. The Morgan fingerprint density at radius 2 is 2.17 bits per heavy atom. The van der Waals surface area contributed by atoms with E-state index in [9.17, 15) is 9.18 Å². The van der Waals surface area contributed by atoms with Crippen LogP contribution in [-0.4, -0.2) is 20.7 Å². The van der Waals surface area contributed by atoms with Gasteiger partial charge in [0.25, 0.3) is 0 Å². The summed E-state index contributed by atoms with van der Waals surface area (Å²) in [6, 6.07) is 5.57. The molecule has 18 heavy (non-hydrogen) atoms. The summed E-state index contributed by atoms with van der Waals surface area (Å²) in [7, 11) is 0. The number of hydrogen-bond acceptors (Lipinski definition) is 3. The van der Waals surface area contributed by atoms with Crippen molar-refractivity contribution >= 4 is 5.91 Å². The highest BCUT2D eigenvalue weighted by Gasteiger charge is 2.14. The number of hydrogen-bond donors (Lipinski definition) is 1. The highest BCUT2D eigenvalue weighted by molar-refractivity contribution is 5.79. The minimum Gasteiger partial charge on any atom is -0.350 e. The molecule has 0 saturated carbocycles. The number of benzene rings is 1. The maximum atomic E-state index is 12.7. The van der Waals surface area contributed by atoms with Crippen LogP contribution in [0.5, 0.6) is 0 Å². The Balaban J connectivity index is 1.90. The largest absolute Gasteiger partial charge is 0.350 e. The first-order valence-electron chi connectivity index (χ1n) is 5.53. The normalized spacial score (nSPS) is 12.1. The molecule has 0 aliphatic rings. The number of carbonyl (C=O) groups excluding carboxylic acids is 1. The molecule has 0 radical (unpaired) electrons. The summed E-state index contributed by atoms with van der Waals surface area (Å²) in [6.45, 7) is 2.09. The second kappa shape index (κ2) is 5.39. The zero-order chi connectivity index (χ0) is 13.0. The van der Waals surface area contributed by atoms with Gasteiger partial charge in [-0.05, 0) is 24.6 Å². The summed E-state index contributed by atoms with van der Waals surface area (Å²) in [6.07, 6.45) is 2.87. The van der Waals surface area contributed by atoms with Gasteiger partial charge in [-0.25, -0.2) is 14.1 Å². The first kappa shape index (κ1) is 12.2. The van der Waals surface area contributed by atoms with Crippen molar-refractivity contribution < 1.29 is 9.18 Å². The average Bonchev–Trinajstić information content (AvgIpc) is 2.90. The van der Waals surface area contributed by atoms with E-state index >= 15 is 0 Å². The van der Waals surface area contributed by atoms with Crippen molar-refractivity contribution in [3.63, 3.8) is 0 Å². The number of carbonyl (C=O) groups is 1. The fourth-order valence-electron chi connectivity index (χ4n) is 1.48. The van der Waals surface area contributed by atoms with E-state index in [1.807, 2.05) is 0 Å². The van der Waals surface area contributed by atoms with Crippen molar-refractivity contribution in [2.45, 2.75) is 19.5 Å². The molecule has 1 heterocycles. The van der Waals surface area contributed by atoms with Crippen molar-refractivity contribution in [3.8, 4) is 0 Å². The van der Waals surface area contributed by atoms with Crippen LogP contribution in [-0.2, 0) is 11.3 Å². The lowest BCUT2D eigenvalue weighted by molar-refractivity contribution is -0.124. The second-order valence-electron chi connectivity index (χ2n) is 3.90. The van der Waals surface area contributed by atoms with Crippen LogP contribution in [0, 0.1) is 5.82 Å². The molecule has 0 fully saturated rings. The van der Waals surface area contributed by atoms with E-state index in [0.717, 1.165) is 5.56 Å². The molecule has 1 amide bonds. The van der Waals surface area contributed by atoms with Crippen LogP contribution < -0.4 is 5.32 Å². The molecular formula is C12H13FN4O. The Kier molecular flexibility index (Phi) is 3.66. The van der Waals surface area contributed by atoms with Crippen molar-refractivity contribution in [2.75, 3.05) is 0 Å². The summed E-state index contributed by atoms with van der Waals surface area (Å²) in [5.74, 6) is -0.453. The van der Waals surface area contributed by atoms with Gasteiger partial charge in [-0.1, -0.05) is 12.1 Å². The minimum atomic E-state index is -0.423. The minimum absolute atomic E-state index is 0.162. The molecule has 5 nitrogen and oxygen atoms in total. The molecule has 1 aromatic carbocycles. The molecule has 0 bridgehead atoms. The van der Waals surface area contributed by atoms with Gasteiger partial charge in [-0.2, -0.15) is 5.10 Å². The fourth-order valence-corrected chi connectivity index (χ4v) is 1.48. The Morgan fingerprint density at radius 1 is 1.44 bits per heavy atom. The smallest absolute Gasteiger partial charge is 0.244 e. The molecule has 6 heteroatoms. The fraction of sp³-hybridized carbons (Fsp3) is 0.250. The Hall–Kier alpha value is -2.24. The van der Waals surface area contributed by atoms with E-state index < -0.39 is 6.04 Å². The van der Waals surface area contributed by atoms with E-state index in [4.69, 9.17) is 0 Å². The Labute approximate surface area is 104 Å². The van der Waals surface area contributed by atoms with Gasteiger partial charge in [-0.15, -0.1) is 0 Å². The zero-order valence-corrected chi connectivity index (χ0v) is 9.88. The SMILES string of the molecule is C[C@H](C(=O)NCc1ccc(F)cc1)n1cncn1. The lowest BCUT2D eigenvalue weighted by atomic mass is 10.2. The van der Waals surface area contributed by atoms with E-state index in [-0.39, 0.29) is 11.7 Å². The van der Waals surface area contributed by atoms with E-state index in [2.05, 4.69) is 15.4 Å². The third-order valence-electron chi connectivity index (χ3n) is 2.59. The molecule has 1 atom stereocenters. The van der Waals surface area contributed by atoms with Crippen LogP contribution in [0.4, 0.5) is 4.39 Å². The van der Waals surface area contributed by atoms with Crippen LogP contribution in [0.2, 0.25) is 0 Å². The van der Waals surface area contributed by atoms with Gasteiger partial charge in [0.1, 0.15) is 24.5 Å². The number of halogens is 1. The van der Waals surface area contributed by atoms with Crippen LogP contribution in [0.1, 0.15) is 18.5 Å². The number of rotatable bonds is 4. The molecule has 1 N–H and O–H groups in total. The molecule has 94 valence electrons. The number of aromatic nitrogens is 3. The molecule has 2 rings (SSSR count). The standard InChI is InChI=1S/C12H13FN4O/c1-9(17-8-14-7-16-17)12(18)15-6-10-2-4-11(13)5-3-10/h2-5,7-9H,6H2,1H3,(H,15,18)/t9-/m1/s1. The molecular weight excluding hydrogens is 235 g/mol. The molecule has 2 aromatic rings. The first-order chi connectivity index (χ1) is 8.66. The van der Waals surface area contributed by atoms with Gasteiger partial charge in [0.05, 0.1) is 0 Å². The van der Waals surface area contributed by atoms with Gasteiger partial charge >= 0.3 is 0 Å². The van der Waals surface area contributed by atoms with Gasteiger partial charge in [-0.3, -0.25) is 4.79 Å². The van der Waals surface area contributed by atoms with Gasteiger partial charge in [0, 0.05) is 6.54 Å². The monoisotopic (exact) mass is 248 g/mol. The summed E-state index contributed by atoms with van der Waals surface area (Å²) in [4.78, 5) is 15.6.